The van der Waals surface area contributed by atoms with E-state index in [4.69, 9.17) is 4.74 Å². The smallest absolute Gasteiger partial charge is 0.261 e. The normalized spacial score (nSPS) is 16.0. The maximum atomic E-state index is 14.1. The van der Waals surface area contributed by atoms with Gasteiger partial charge in [-0.1, -0.05) is 37.3 Å². The number of rotatable bonds is 5. The molecule has 0 aliphatic heterocycles. The summed E-state index contributed by atoms with van der Waals surface area (Å²) in [6, 6.07) is 12.5. The van der Waals surface area contributed by atoms with Crippen LogP contribution in [0.5, 0.6) is 5.75 Å². The van der Waals surface area contributed by atoms with Crippen LogP contribution in [-0.4, -0.2) is 28.7 Å². The molecule has 0 saturated carbocycles. The van der Waals surface area contributed by atoms with Crippen molar-refractivity contribution in [3.05, 3.63) is 65.0 Å². The largest absolute Gasteiger partial charge is 0.483 e. The Kier molecular flexibility index (Phi) is 5.54. The second-order valence-electron chi connectivity index (χ2n) is 8.29. The summed E-state index contributed by atoms with van der Waals surface area (Å²) in [7, 11) is 0. The molecular formula is C23H26FNO3. The van der Waals surface area contributed by atoms with Crippen molar-refractivity contribution >= 4 is 11.7 Å². The lowest BCUT2D eigenvalue weighted by atomic mass is 10.0. The molecule has 28 heavy (non-hydrogen) atoms. The van der Waals surface area contributed by atoms with E-state index in [2.05, 4.69) is 0 Å². The van der Waals surface area contributed by atoms with Crippen LogP contribution in [0, 0.1) is 5.82 Å². The maximum Gasteiger partial charge on any atom is 0.261 e. The third-order valence-corrected chi connectivity index (χ3v) is 5.06. The summed E-state index contributed by atoms with van der Waals surface area (Å²) in [6.45, 7) is 7.98. The molecule has 2 aromatic carbocycles. The monoisotopic (exact) mass is 383 g/mol. The minimum Gasteiger partial charge on any atom is -0.483 e. The lowest BCUT2D eigenvalue weighted by Crippen LogP contribution is -2.47. The number of amides is 1. The van der Waals surface area contributed by atoms with Crippen molar-refractivity contribution in [3.8, 4) is 5.75 Å². The van der Waals surface area contributed by atoms with Crippen LogP contribution in [0.1, 0.15) is 61.5 Å². The summed E-state index contributed by atoms with van der Waals surface area (Å²) in [6.07, 6.45) is 0.267. The van der Waals surface area contributed by atoms with E-state index in [1.54, 1.807) is 4.90 Å². The molecule has 0 aromatic heterocycles. The molecule has 5 heteroatoms. The third kappa shape index (κ3) is 4.08. The molecule has 0 N–H and O–H groups in total. The standard InChI is InChI=1S/C23H26FNO3/c1-15-12-18(26)22-19(11-10-17(24)21(15)22)28-14-20(27)25(23(2,3)4)13-16-8-6-5-7-9-16/h5-11,15H,12-14H2,1-4H3. The first-order valence-electron chi connectivity index (χ1n) is 9.51. The van der Waals surface area contributed by atoms with E-state index in [0.29, 0.717) is 12.1 Å². The predicted molar refractivity (Wildman–Crippen MR) is 106 cm³/mol. The number of hydrogen-bond donors (Lipinski definition) is 0. The Morgan fingerprint density at radius 3 is 2.50 bits per heavy atom. The number of ether oxygens (including phenoxy) is 1. The Morgan fingerprint density at radius 2 is 1.86 bits per heavy atom. The first-order valence-corrected chi connectivity index (χ1v) is 9.51. The van der Waals surface area contributed by atoms with E-state index in [9.17, 15) is 14.0 Å². The highest BCUT2D eigenvalue weighted by Gasteiger charge is 2.33. The predicted octanol–water partition coefficient (Wildman–Crippen LogP) is 4.72. The van der Waals surface area contributed by atoms with Crippen molar-refractivity contribution in [2.24, 2.45) is 0 Å². The number of fused-ring (bicyclic) bond motifs is 1. The number of carbonyl (C=O) groups is 2. The molecule has 1 amide bonds. The quantitative estimate of drug-likeness (QED) is 0.750. The van der Waals surface area contributed by atoms with Gasteiger partial charge in [-0.25, -0.2) is 4.39 Å². The van der Waals surface area contributed by atoms with Crippen molar-refractivity contribution in [2.75, 3.05) is 6.61 Å². The zero-order chi connectivity index (χ0) is 20.5. The van der Waals surface area contributed by atoms with Crippen LogP contribution in [0.3, 0.4) is 0 Å². The Bertz CT molecular complexity index is 887. The molecule has 0 heterocycles. The minimum atomic E-state index is -0.397. The van der Waals surface area contributed by atoms with Gasteiger partial charge in [0.15, 0.2) is 12.4 Å². The van der Waals surface area contributed by atoms with E-state index in [0.717, 1.165) is 5.56 Å². The van der Waals surface area contributed by atoms with Gasteiger partial charge in [0, 0.05) is 24.1 Å². The van der Waals surface area contributed by atoms with E-state index in [-0.39, 0.29) is 41.9 Å². The van der Waals surface area contributed by atoms with Crippen LogP contribution < -0.4 is 4.74 Å². The summed E-state index contributed by atoms with van der Waals surface area (Å²) < 4.78 is 19.9. The van der Waals surface area contributed by atoms with E-state index in [1.807, 2.05) is 58.0 Å². The lowest BCUT2D eigenvalue weighted by molar-refractivity contribution is -0.139. The first-order chi connectivity index (χ1) is 13.2. The molecule has 148 valence electrons. The summed E-state index contributed by atoms with van der Waals surface area (Å²) in [5, 5.41) is 0. The van der Waals surface area contributed by atoms with Crippen LogP contribution in [0.25, 0.3) is 0 Å². The Morgan fingerprint density at radius 1 is 1.18 bits per heavy atom. The van der Waals surface area contributed by atoms with Gasteiger partial charge in [0.2, 0.25) is 0 Å². The summed E-state index contributed by atoms with van der Waals surface area (Å²) in [5.74, 6) is -0.611. The fraction of sp³-hybridized carbons (Fsp3) is 0.391. The van der Waals surface area contributed by atoms with E-state index < -0.39 is 11.4 Å². The number of Topliss-reactive ketones (excluding diaryl/α,β-unsaturated/α-hetero) is 1. The highest BCUT2D eigenvalue weighted by molar-refractivity contribution is 6.03. The minimum absolute atomic E-state index is 0.138. The summed E-state index contributed by atoms with van der Waals surface area (Å²) in [4.78, 5) is 27.0. The molecular weight excluding hydrogens is 357 g/mol. The van der Waals surface area contributed by atoms with Crippen LogP contribution in [0.2, 0.25) is 0 Å². The lowest BCUT2D eigenvalue weighted by Gasteiger charge is -2.36. The average Bonchev–Trinajstić information content (AvgIpc) is 2.94. The SMILES string of the molecule is CC1CC(=O)c2c(OCC(=O)N(Cc3ccccc3)C(C)(C)C)ccc(F)c21. The van der Waals surface area contributed by atoms with E-state index >= 15 is 0 Å². The second kappa shape index (κ2) is 7.74. The number of nitrogens with zero attached hydrogens (tertiary/aromatic N) is 1. The Hall–Kier alpha value is -2.69. The molecule has 4 nitrogen and oxygen atoms in total. The summed E-state index contributed by atoms with van der Waals surface area (Å²) in [5.41, 5.74) is 1.31. The number of benzene rings is 2. The number of halogens is 1. The molecule has 1 atom stereocenters. The van der Waals surface area contributed by atoms with E-state index in [1.165, 1.54) is 12.1 Å². The fourth-order valence-electron chi connectivity index (χ4n) is 3.63. The van der Waals surface area contributed by atoms with Gasteiger partial charge >= 0.3 is 0 Å². The molecule has 2 aromatic rings. The first kappa shape index (κ1) is 20.1. The number of carbonyl (C=O) groups excluding carboxylic acids is 2. The van der Waals surface area contributed by atoms with Gasteiger partial charge < -0.3 is 9.64 Å². The van der Waals surface area contributed by atoms with Gasteiger partial charge in [0.05, 0.1) is 5.56 Å². The van der Waals surface area contributed by atoms with Crippen molar-refractivity contribution in [1.82, 2.24) is 4.90 Å². The zero-order valence-corrected chi connectivity index (χ0v) is 16.8. The van der Waals surface area contributed by atoms with Gasteiger partial charge in [-0.2, -0.15) is 0 Å². The Balaban J connectivity index is 1.78. The van der Waals surface area contributed by atoms with Crippen molar-refractivity contribution in [2.45, 2.75) is 52.1 Å². The van der Waals surface area contributed by atoms with Crippen LogP contribution >= 0.6 is 0 Å². The fourth-order valence-corrected chi connectivity index (χ4v) is 3.63. The van der Waals surface area contributed by atoms with Crippen LogP contribution in [0.4, 0.5) is 4.39 Å². The van der Waals surface area contributed by atoms with Gasteiger partial charge in [-0.15, -0.1) is 0 Å². The molecule has 1 unspecified atom stereocenters. The second-order valence-corrected chi connectivity index (χ2v) is 8.29. The molecule has 3 rings (SSSR count). The van der Waals surface area contributed by atoms with Gasteiger partial charge in [-0.3, -0.25) is 9.59 Å². The molecule has 1 aliphatic rings. The molecule has 0 bridgehead atoms. The van der Waals surface area contributed by atoms with Gasteiger partial charge in [0.1, 0.15) is 11.6 Å². The highest BCUT2D eigenvalue weighted by Crippen LogP contribution is 2.39. The molecule has 0 spiro atoms. The summed E-state index contributed by atoms with van der Waals surface area (Å²) >= 11 is 0. The average molecular weight is 383 g/mol. The van der Waals surface area contributed by atoms with Crippen LogP contribution in [0.15, 0.2) is 42.5 Å². The van der Waals surface area contributed by atoms with Crippen molar-refractivity contribution < 1.29 is 18.7 Å². The van der Waals surface area contributed by atoms with Gasteiger partial charge in [-0.05, 0) is 44.4 Å². The molecule has 0 saturated heterocycles. The highest BCUT2D eigenvalue weighted by atomic mass is 19.1. The molecule has 1 aliphatic carbocycles. The van der Waals surface area contributed by atoms with Gasteiger partial charge in [0.25, 0.3) is 5.91 Å². The number of ketones is 1. The number of hydrogen-bond acceptors (Lipinski definition) is 3. The van der Waals surface area contributed by atoms with Crippen molar-refractivity contribution in [3.63, 3.8) is 0 Å². The Labute approximate surface area is 165 Å². The van der Waals surface area contributed by atoms with Crippen LogP contribution in [-0.2, 0) is 11.3 Å². The maximum absolute atomic E-state index is 14.1. The molecule has 0 fully saturated rings. The third-order valence-electron chi connectivity index (χ3n) is 5.06. The zero-order valence-electron chi connectivity index (χ0n) is 16.8. The van der Waals surface area contributed by atoms with Crippen molar-refractivity contribution in [1.29, 1.82) is 0 Å². The molecule has 0 radical (unpaired) electrons. The topological polar surface area (TPSA) is 46.6 Å².